The second kappa shape index (κ2) is 8.14. The zero-order chi connectivity index (χ0) is 19.4. The first-order valence-corrected chi connectivity index (χ1v) is 8.49. The van der Waals surface area contributed by atoms with E-state index in [1.54, 1.807) is 37.4 Å². The van der Waals surface area contributed by atoms with E-state index in [2.05, 4.69) is 10.3 Å². The molecule has 0 saturated carbocycles. The number of nitrogens with zero attached hydrogens (tertiary/aromatic N) is 1. The van der Waals surface area contributed by atoms with E-state index in [4.69, 9.17) is 4.74 Å². The Morgan fingerprint density at radius 1 is 1.07 bits per heavy atom. The second-order valence-electron chi connectivity index (χ2n) is 6.17. The molecule has 2 N–H and O–H groups in total. The van der Waals surface area contributed by atoms with Crippen molar-refractivity contribution < 1.29 is 18.6 Å². The van der Waals surface area contributed by atoms with Gasteiger partial charge in [-0.15, -0.1) is 0 Å². The fourth-order valence-corrected chi connectivity index (χ4v) is 2.78. The van der Waals surface area contributed by atoms with E-state index in [0.717, 1.165) is 11.6 Å². The number of phenolic OH excluding ortho intramolecular Hbond substituents is 1. The minimum atomic E-state index is -0.925. The summed E-state index contributed by atoms with van der Waals surface area (Å²) in [6.07, 6.45) is 0. The molecular formula is C21H20F2N2O2. The number of hydrogen-bond donors (Lipinski definition) is 2. The summed E-state index contributed by atoms with van der Waals surface area (Å²) in [5.74, 6) is -1.30. The zero-order valence-corrected chi connectivity index (χ0v) is 15.1. The summed E-state index contributed by atoms with van der Waals surface area (Å²) in [6.45, 7) is 2.86. The first kappa shape index (κ1) is 18.8. The molecule has 1 heterocycles. The molecule has 1 aromatic heterocycles. The molecule has 3 aromatic rings. The Kier molecular flexibility index (Phi) is 5.66. The molecule has 0 saturated heterocycles. The van der Waals surface area contributed by atoms with E-state index >= 15 is 0 Å². The van der Waals surface area contributed by atoms with Crippen LogP contribution in [0.2, 0.25) is 0 Å². The minimum Gasteiger partial charge on any atom is -0.507 e. The summed E-state index contributed by atoms with van der Waals surface area (Å²) in [7, 11) is 1.59. The van der Waals surface area contributed by atoms with E-state index in [1.807, 2.05) is 6.92 Å². The molecule has 4 nitrogen and oxygen atoms in total. The predicted molar refractivity (Wildman–Crippen MR) is 102 cm³/mol. The SMILES string of the molecule is COCCNc1cc(-c2cccc(F)c2F)cc(-c2cc(C)ccc2O)n1. The molecule has 0 fully saturated rings. The van der Waals surface area contributed by atoms with Gasteiger partial charge in [-0.3, -0.25) is 0 Å². The molecule has 27 heavy (non-hydrogen) atoms. The van der Waals surface area contributed by atoms with Crippen LogP contribution in [0, 0.1) is 18.6 Å². The number of hydrogen-bond acceptors (Lipinski definition) is 4. The van der Waals surface area contributed by atoms with Crippen LogP contribution in [0.5, 0.6) is 5.75 Å². The van der Waals surface area contributed by atoms with Gasteiger partial charge in [0.2, 0.25) is 0 Å². The number of anilines is 1. The van der Waals surface area contributed by atoms with Gasteiger partial charge in [-0.1, -0.05) is 23.8 Å². The van der Waals surface area contributed by atoms with Crippen LogP contribution < -0.4 is 5.32 Å². The Balaban J connectivity index is 2.14. The van der Waals surface area contributed by atoms with Crippen LogP contribution in [0.25, 0.3) is 22.4 Å². The van der Waals surface area contributed by atoms with Gasteiger partial charge in [-0.2, -0.15) is 0 Å². The van der Waals surface area contributed by atoms with Crippen molar-refractivity contribution in [3.63, 3.8) is 0 Å². The molecule has 0 atom stereocenters. The van der Waals surface area contributed by atoms with Crippen LogP contribution in [0.1, 0.15) is 5.56 Å². The summed E-state index contributed by atoms with van der Waals surface area (Å²) in [5.41, 5.74) is 2.50. The lowest BCUT2D eigenvalue weighted by atomic mass is 10.0. The van der Waals surface area contributed by atoms with Gasteiger partial charge in [0.1, 0.15) is 11.6 Å². The van der Waals surface area contributed by atoms with Crippen molar-refractivity contribution in [2.24, 2.45) is 0 Å². The summed E-state index contributed by atoms with van der Waals surface area (Å²) < 4.78 is 33.0. The highest BCUT2D eigenvalue weighted by Gasteiger charge is 2.14. The Labute approximate surface area is 156 Å². The van der Waals surface area contributed by atoms with Crippen molar-refractivity contribution in [3.8, 4) is 28.1 Å². The summed E-state index contributed by atoms with van der Waals surface area (Å²) >= 11 is 0. The number of nitrogens with one attached hydrogen (secondary N) is 1. The van der Waals surface area contributed by atoms with E-state index in [1.165, 1.54) is 12.1 Å². The molecule has 0 unspecified atom stereocenters. The highest BCUT2D eigenvalue weighted by Crippen LogP contribution is 2.34. The number of aryl methyl sites for hydroxylation is 1. The molecule has 3 rings (SSSR count). The zero-order valence-electron chi connectivity index (χ0n) is 15.1. The van der Waals surface area contributed by atoms with Gasteiger partial charge in [0.25, 0.3) is 0 Å². The third-order valence-corrected chi connectivity index (χ3v) is 4.13. The summed E-state index contributed by atoms with van der Waals surface area (Å²) in [5, 5.41) is 13.3. The van der Waals surface area contributed by atoms with Gasteiger partial charge in [-0.25, -0.2) is 13.8 Å². The lowest BCUT2D eigenvalue weighted by Gasteiger charge is -2.13. The Morgan fingerprint density at radius 2 is 1.89 bits per heavy atom. The van der Waals surface area contributed by atoms with E-state index in [-0.39, 0.29) is 11.3 Å². The molecule has 0 aliphatic carbocycles. The molecule has 6 heteroatoms. The Bertz CT molecular complexity index is 941. The first-order valence-electron chi connectivity index (χ1n) is 8.49. The lowest BCUT2D eigenvalue weighted by Crippen LogP contribution is -2.09. The summed E-state index contributed by atoms with van der Waals surface area (Å²) in [4.78, 5) is 4.51. The van der Waals surface area contributed by atoms with Crippen LogP contribution >= 0.6 is 0 Å². The molecule has 0 aliphatic heterocycles. The van der Waals surface area contributed by atoms with Gasteiger partial charge < -0.3 is 15.2 Å². The van der Waals surface area contributed by atoms with E-state index < -0.39 is 11.6 Å². The second-order valence-corrected chi connectivity index (χ2v) is 6.17. The highest BCUT2D eigenvalue weighted by molar-refractivity contribution is 5.76. The number of methoxy groups -OCH3 is 1. The highest BCUT2D eigenvalue weighted by atomic mass is 19.2. The maximum absolute atomic E-state index is 14.3. The topological polar surface area (TPSA) is 54.4 Å². The molecule has 2 aromatic carbocycles. The number of ether oxygens (including phenoxy) is 1. The van der Waals surface area contributed by atoms with Crippen LogP contribution in [-0.2, 0) is 4.74 Å². The van der Waals surface area contributed by atoms with Crippen LogP contribution in [0.3, 0.4) is 0 Å². The van der Waals surface area contributed by atoms with Crippen molar-refractivity contribution in [1.29, 1.82) is 0 Å². The van der Waals surface area contributed by atoms with Crippen molar-refractivity contribution in [3.05, 3.63) is 65.7 Å². The lowest BCUT2D eigenvalue weighted by molar-refractivity contribution is 0.210. The van der Waals surface area contributed by atoms with Gasteiger partial charge in [0, 0.05) is 24.8 Å². The molecule has 0 aliphatic rings. The van der Waals surface area contributed by atoms with Gasteiger partial charge in [0.05, 0.1) is 12.3 Å². The number of aromatic nitrogens is 1. The van der Waals surface area contributed by atoms with Gasteiger partial charge in [-0.05, 0) is 42.8 Å². The van der Waals surface area contributed by atoms with Crippen LogP contribution in [0.4, 0.5) is 14.6 Å². The summed E-state index contributed by atoms with van der Waals surface area (Å²) in [6, 6.07) is 12.5. The molecule has 140 valence electrons. The van der Waals surface area contributed by atoms with Crippen LogP contribution in [-0.4, -0.2) is 30.4 Å². The maximum Gasteiger partial charge on any atom is 0.166 e. The maximum atomic E-state index is 14.3. The van der Waals surface area contributed by atoms with Crippen molar-refractivity contribution in [1.82, 2.24) is 4.98 Å². The number of aromatic hydroxyl groups is 1. The Morgan fingerprint density at radius 3 is 2.67 bits per heavy atom. The fraction of sp³-hybridized carbons (Fsp3) is 0.190. The number of phenols is 1. The van der Waals surface area contributed by atoms with Crippen molar-refractivity contribution in [2.45, 2.75) is 6.92 Å². The molecule has 0 bridgehead atoms. The largest absolute Gasteiger partial charge is 0.507 e. The average molecular weight is 370 g/mol. The van der Waals surface area contributed by atoms with Crippen molar-refractivity contribution in [2.75, 3.05) is 25.6 Å². The van der Waals surface area contributed by atoms with Gasteiger partial charge in [0.15, 0.2) is 11.6 Å². The Hall–Kier alpha value is -2.99. The van der Waals surface area contributed by atoms with E-state index in [9.17, 15) is 13.9 Å². The molecule has 0 spiro atoms. The molecule has 0 amide bonds. The predicted octanol–water partition coefficient (Wildman–Crippen LogP) is 4.77. The van der Waals surface area contributed by atoms with Crippen molar-refractivity contribution >= 4 is 5.82 Å². The number of pyridine rings is 1. The number of rotatable bonds is 6. The molecule has 0 radical (unpaired) electrons. The smallest absolute Gasteiger partial charge is 0.166 e. The van der Waals surface area contributed by atoms with Gasteiger partial charge >= 0.3 is 0 Å². The standard InChI is InChI=1S/C21H20F2N2O2/c1-13-6-7-19(26)16(10-13)18-11-14(12-20(25-18)24-8-9-27-2)15-4-3-5-17(22)21(15)23/h3-7,10-12,26H,8-9H2,1-2H3,(H,24,25). The third-order valence-electron chi connectivity index (χ3n) is 4.13. The average Bonchev–Trinajstić information content (AvgIpc) is 2.66. The molecular weight excluding hydrogens is 350 g/mol. The number of halogens is 2. The fourth-order valence-electron chi connectivity index (χ4n) is 2.78. The third kappa shape index (κ3) is 4.23. The minimum absolute atomic E-state index is 0.0628. The number of benzene rings is 2. The van der Waals surface area contributed by atoms with E-state index in [0.29, 0.717) is 35.8 Å². The normalized spacial score (nSPS) is 10.8. The van der Waals surface area contributed by atoms with Crippen LogP contribution in [0.15, 0.2) is 48.5 Å². The quantitative estimate of drug-likeness (QED) is 0.614. The first-order chi connectivity index (χ1) is 13.0. The monoisotopic (exact) mass is 370 g/mol.